The number of rotatable bonds is 5. The number of ether oxygens (including phenoxy) is 3. The molecule has 5 heteroatoms. The van der Waals surface area contributed by atoms with E-state index in [1.807, 2.05) is 20.8 Å². The lowest BCUT2D eigenvalue weighted by atomic mass is 10.1. The average Bonchev–Trinajstić information content (AvgIpc) is 2.27. The van der Waals surface area contributed by atoms with Gasteiger partial charge in [0.25, 0.3) is 0 Å². The highest BCUT2D eigenvalue weighted by Gasteiger charge is 2.28. The standard InChI is InChI=1S/C13H25NO4/c1-13(2,3)18-12(15)10(7-8-14)17-11-6-4-5-9-16-11/h10-11H,4-9,14H2,1-3H3. The average molecular weight is 259 g/mol. The SMILES string of the molecule is CC(C)(C)OC(=O)C(CCN)OC1CCCCO1. The number of nitrogens with two attached hydrogens (primary N) is 1. The van der Waals surface area contributed by atoms with Crippen LogP contribution in [0.3, 0.4) is 0 Å². The summed E-state index contributed by atoms with van der Waals surface area (Å²) in [5.41, 5.74) is 4.99. The first-order chi connectivity index (χ1) is 8.42. The van der Waals surface area contributed by atoms with Crippen molar-refractivity contribution in [3.63, 3.8) is 0 Å². The molecule has 1 aliphatic rings. The summed E-state index contributed by atoms with van der Waals surface area (Å²) in [6, 6.07) is 0. The molecule has 1 aliphatic heterocycles. The summed E-state index contributed by atoms with van der Waals surface area (Å²) in [6.45, 7) is 6.58. The van der Waals surface area contributed by atoms with Crippen molar-refractivity contribution >= 4 is 5.97 Å². The van der Waals surface area contributed by atoms with Crippen molar-refractivity contribution in [2.24, 2.45) is 5.73 Å². The minimum Gasteiger partial charge on any atom is -0.458 e. The number of hydrogen-bond donors (Lipinski definition) is 1. The Balaban J connectivity index is 2.49. The van der Waals surface area contributed by atoms with E-state index in [2.05, 4.69) is 0 Å². The molecule has 5 nitrogen and oxygen atoms in total. The van der Waals surface area contributed by atoms with Gasteiger partial charge in [0, 0.05) is 6.61 Å². The van der Waals surface area contributed by atoms with Crippen LogP contribution in [0, 0.1) is 0 Å². The van der Waals surface area contributed by atoms with Crippen LogP contribution >= 0.6 is 0 Å². The first kappa shape index (κ1) is 15.4. The molecule has 0 amide bonds. The summed E-state index contributed by atoms with van der Waals surface area (Å²) in [4.78, 5) is 12.0. The molecule has 1 rings (SSSR count). The Labute approximate surface area is 109 Å². The number of carbonyl (C=O) groups excluding carboxylic acids is 1. The Morgan fingerprint density at radius 2 is 2.17 bits per heavy atom. The fourth-order valence-corrected chi connectivity index (χ4v) is 1.76. The van der Waals surface area contributed by atoms with E-state index in [0.29, 0.717) is 19.6 Å². The second-order valence-corrected chi connectivity index (χ2v) is 5.53. The number of esters is 1. The quantitative estimate of drug-likeness (QED) is 0.759. The van der Waals surface area contributed by atoms with E-state index in [1.54, 1.807) is 0 Å². The van der Waals surface area contributed by atoms with Gasteiger partial charge in [-0.15, -0.1) is 0 Å². The van der Waals surface area contributed by atoms with Crippen LogP contribution in [0.5, 0.6) is 0 Å². The lowest BCUT2D eigenvalue weighted by Gasteiger charge is -2.28. The molecule has 0 spiro atoms. The van der Waals surface area contributed by atoms with Crippen molar-refractivity contribution in [1.29, 1.82) is 0 Å². The Morgan fingerprint density at radius 3 is 2.67 bits per heavy atom. The highest BCUT2D eigenvalue weighted by molar-refractivity contribution is 5.75. The summed E-state index contributed by atoms with van der Waals surface area (Å²) >= 11 is 0. The smallest absolute Gasteiger partial charge is 0.335 e. The minimum absolute atomic E-state index is 0.303. The molecule has 1 heterocycles. The van der Waals surface area contributed by atoms with Gasteiger partial charge in [0.05, 0.1) is 0 Å². The molecule has 0 aromatic carbocycles. The van der Waals surface area contributed by atoms with E-state index in [1.165, 1.54) is 0 Å². The molecule has 0 aromatic rings. The molecule has 0 saturated carbocycles. The highest BCUT2D eigenvalue weighted by Crippen LogP contribution is 2.18. The van der Waals surface area contributed by atoms with Gasteiger partial charge in [-0.2, -0.15) is 0 Å². The molecule has 2 N–H and O–H groups in total. The van der Waals surface area contributed by atoms with Crippen LogP contribution in [0.15, 0.2) is 0 Å². The number of hydrogen-bond acceptors (Lipinski definition) is 5. The van der Waals surface area contributed by atoms with Gasteiger partial charge in [0.1, 0.15) is 5.60 Å². The van der Waals surface area contributed by atoms with Crippen LogP contribution in [0.25, 0.3) is 0 Å². The van der Waals surface area contributed by atoms with Crippen molar-refractivity contribution in [3.05, 3.63) is 0 Å². The molecule has 18 heavy (non-hydrogen) atoms. The van der Waals surface area contributed by atoms with Crippen molar-refractivity contribution in [2.75, 3.05) is 13.2 Å². The third-order valence-corrected chi connectivity index (χ3v) is 2.55. The number of carbonyl (C=O) groups is 1. The zero-order valence-electron chi connectivity index (χ0n) is 11.6. The fraction of sp³-hybridized carbons (Fsp3) is 0.923. The molecular formula is C13H25NO4. The van der Waals surface area contributed by atoms with Gasteiger partial charge >= 0.3 is 5.97 Å². The van der Waals surface area contributed by atoms with Crippen LogP contribution in [-0.2, 0) is 19.0 Å². The maximum Gasteiger partial charge on any atom is 0.335 e. The molecule has 1 fully saturated rings. The molecule has 2 unspecified atom stereocenters. The van der Waals surface area contributed by atoms with Crippen LogP contribution in [0.4, 0.5) is 0 Å². The Morgan fingerprint density at radius 1 is 1.44 bits per heavy atom. The molecule has 0 aliphatic carbocycles. The molecular weight excluding hydrogens is 234 g/mol. The van der Waals surface area contributed by atoms with E-state index in [0.717, 1.165) is 19.3 Å². The minimum atomic E-state index is -0.627. The Hall–Kier alpha value is -0.650. The normalized spacial score (nSPS) is 22.6. The van der Waals surface area contributed by atoms with E-state index in [-0.39, 0.29) is 12.3 Å². The van der Waals surface area contributed by atoms with Crippen molar-refractivity contribution in [2.45, 2.75) is 64.4 Å². The molecule has 106 valence electrons. The summed E-state index contributed by atoms with van der Waals surface area (Å²) in [5.74, 6) is -0.359. The van der Waals surface area contributed by atoms with Gasteiger partial charge in [-0.3, -0.25) is 0 Å². The van der Waals surface area contributed by atoms with E-state index < -0.39 is 11.7 Å². The first-order valence-corrected chi connectivity index (χ1v) is 6.62. The molecule has 0 radical (unpaired) electrons. The molecule has 0 bridgehead atoms. The van der Waals surface area contributed by atoms with Crippen LogP contribution in [0.1, 0.15) is 46.5 Å². The van der Waals surface area contributed by atoms with Crippen molar-refractivity contribution < 1.29 is 19.0 Å². The zero-order valence-corrected chi connectivity index (χ0v) is 11.6. The predicted molar refractivity (Wildman–Crippen MR) is 68.0 cm³/mol. The summed E-state index contributed by atoms with van der Waals surface area (Å²) in [7, 11) is 0. The predicted octanol–water partition coefficient (Wildman–Crippen LogP) is 1.59. The van der Waals surface area contributed by atoms with Crippen molar-refractivity contribution in [3.8, 4) is 0 Å². The van der Waals surface area contributed by atoms with Crippen LogP contribution in [-0.4, -0.2) is 37.1 Å². The molecule has 2 atom stereocenters. The third-order valence-electron chi connectivity index (χ3n) is 2.55. The molecule has 0 aromatic heterocycles. The van der Waals surface area contributed by atoms with Crippen LogP contribution < -0.4 is 5.73 Å². The zero-order chi connectivity index (χ0) is 13.6. The van der Waals surface area contributed by atoms with E-state index >= 15 is 0 Å². The maximum atomic E-state index is 12.0. The highest BCUT2D eigenvalue weighted by atomic mass is 16.7. The van der Waals surface area contributed by atoms with Gasteiger partial charge in [-0.05, 0) is 53.0 Å². The fourth-order valence-electron chi connectivity index (χ4n) is 1.76. The monoisotopic (exact) mass is 259 g/mol. The van der Waals surface area contributed by atoms with Gasteiger partial charge < -0.3 is 19.9 Å². The second-order valence-electron chi connectivity index (χ2n) is 5.53. The third kappa shape index (κ3) is 5.80. The topological polar surface area (TPSA) is 70.8 Å². The lowest BCUT2D eigenvalue weighted by molar-refractivity contribution is -0.209. The summed E-state index contributed by atoms with van der Waals surface area (Å²) in [5, 5.41) is 0. The largest absolute Gasteiger partial charge is 0.458 e. The summed E-state index contributed by atoms with van der Waals surface area (Å²) in [6.07, 6.45) is 2.46. The Kier molecular flexibility index (Phi) is 6.05. The van der Waals surface area contributed by atoms with E-state index in [9.17, 15) is 4.79 Å². The Bertz CT molecular complexity index is 256. The lowest BCUT2D eigenvalue weighted by Crippen LogP contribution is -2.38. The van der Waals surface area contributed by atoms with E-state index in [4.69, 9.17) is 19.9 Å². The van der Waals surface area contributed by atoms with Gasteiger partial charge in [0.2, 0.25) is 0 Å². The van der Waals surface area contributed by atoms with Gasteiger partial charge in [0.15, 0.2) is 12.4 Å². The van der Waals surface area contributed by atoms with Crippen molar-refractivity contribution in [1.82, 2.24) is 0 Å². The second kappa shape index (κ2) is 7.07. The summed E-state index contributed by atoms with van der Waals surface area (Å²) < 4.78 is 16.4. The van der Waals surface area contributed by atoms with Crippen LogP contribution in [0.2, 0.25) is 0 Å². The first-order valence-electron chi connectivity index (χ1n) is 6.62. The maximum absolute atomic E-state index is 12.0. The van der Waals surface area contributed by atoms with Gasteiger partial charge in [-0.1, -0.05) is 0 Å². The molecule has 1 saturated heterocycles. The van der Waals surface area contributed by atoms with Gasteiger partial charge in [-0.25, -0.2) is 4.79 Å².